The zero-order valence-corrected chi connectivity index (χ0v) is 20.3. The largest absolute Gasteiger partial charge is 0.436 e. The maximum Gasteiger partial charge on any atom is 0.255 e. The highest BCUT2D eigenvalue weighted by Crippen LogP contribution is 2.41. The maximum atomic E-state index is 14.4. The predicted octanol–water partition coefficient (Wildman–Crippen LogP) is 4.56. The molecule has 1 aromatic carbocycles. The van der Waals surface area contributed by atoms with Crippen LogP contribution in [0.25, 0.3) is 5.57 Å². The van der Waals surface area contributed by atoms with E-state index in [-0.39, 0.29) is 28.9 Å². The highest BCUT2D eigenvalue weighted by Gasteiger charge is 2.27. The Bertz CT molecular complexity index is 1470. The summed E-state index contributed by atoms with van der Waals surface area (Å²) in [6.45, 7) is 1.86. The molecule has 0 radical (unpaired) electrons. The SMILES string of the molecule is CC1=CCCC(c2cc(CS(=O)(=O)N(C)C)cnc2Oc2ccc(F)cc2F)c2cc[nH]c(=O)c21. The number of nitrogens with one attached hydrogen (secondary N) is 1. The number of benzene rings is 1. The van der Waals surface area contributed by atoms with Crippen LogP contribution in [-0.4, -0.2) is 36.8 Å². The molecule has 0 spiro atoms. The van der Waals surface area contributed by atoms with Crippen LogP contribution in [0, 0.1) is 11.6 Å². The first-order valence-corrected chi connectivity index (χ1v) is 12.6. The summed E-state index contributed by atoms with van der Waals surface area (Å²) in [5.74, 6) is -2.48. The average molecular weight is 502 g/mol. The summed E-state index contributed by atoms with van der Waals surface area (Å²) in [6, 6.07) is 6.42. The number of fused-ring (bicyclic) bond motifs is 1. The van der Waals surface area contributed by atoms with Crippen molar-refractivity contribution >= 4 is 15.6 Å². The number of allylic oxidation sites excluding steroid dienone is 2. The topological polar surface area (TPSA) is 92.4 Å². The van der Waals surface area contributed by atoms with Crippen LogP contribution in [0.3, 0.4) is 0 Å². The molecule has 0 bridgehead atoms. The molecule has 1 atom stereocenters. The summed E-state index contributed by atoms with van der Waals surface area (Å²) < 4.78 is 59.7. The Hall–Kier alpha value is -3.37. The van der Waals surface area contributed by atoms with Crippen LogP contribution >= 0.6 is 0 Å². The van der Waals surface area contributed by atoms with Crippen LogP contribution in [0.5, 0.6) is 11.6 Å². The zero-order chi connectivity index (χ0) is 25.3. The number of halogens is 2. The van der Waals surface area contributed by atoms with Gasteiger partial charge in [-0.2, -0.15) is 0 Å². The van der Waals surface area contributed by atoms with Gasteiger partial charge in [0, 0.05) is 49.6 Å². The van der Waals surface area contributed by atoms with Gasteiger partial charge in [0.2, 0.25) is 15.9 Å². The second kappa shape index (κ2) is 9.71. The average Bonchev–Trinajstić information content (AvgIpc) is 2.95. The summed E-state index contributed by atoms with van der Waals surface area (Å²) >= 11 is 0. The summed E-state index contributed by atoms with van der Waals surface area (Å²) in [6.07, 6.45) is 6.12. The lowest BCUT2D eigenvalue weighted by molar-refractivity contribution is 0.415. The van der Waals surface area contributed by atoms with Gasteiger partial charge in [-0.15, -0.1) is 0 Å². The lowest BCUT2D eigenvalue weighted by Crippen LogP contribution is -2.24. The lowest BCUT2D eigenvalue weighted by atomic mass is 9.86. The van der Waals surface area contributed by atoms with E-state index in [1.165, 1.54) is 20.3 Å². The van der Waals surface area contributed by atoms with E-state index in [9.17, 15) is 22.0 Å². The van der Waals surface area contributed by atoms with E-state index in [0.717, 1.165) is 27.6 Å². The summed E-state index contributed by atoms with van der Waals surface area (Å²) in [4.78, 5) is 19.7. The minimum absolute atomic E-state index is 0.0530. The Kier molecular flexibility index (Phi) is 6.86. The molecule has 2 aromatic heterocycles. The van der Waals surface area contributed by atoms with Crippen LogP contribution in [0.1, 0.15) is 47.9 Å². The summed E-state index contributed by atoms with van der Waals surface area (Å²) in [5, 5.41) is 0. The third-order valence-electron chi connectivity index (χ3n) is 5.99. The molecule has 0 saturated heterocycles. The van der Waals surface area contributed by atoms with Gasteiger partial charge in [-0.3, -0.25) is 4.79 Å². The molecule has 184 valence electrons. The molecule has 2 heterocycles. The smallest absolute Gasteiger partial charge is 0.255 e. The number of pyridine rings is 2. The maximum absolute atomic E-state index is 14.4. The van der Waals surface area contributed by atoms with E-state index in [1.54, 1.807) is 18.3 Å². The Balaban J connectivity index is 1.87. The van der Waals surface area contributed by atoms with E-state index in [0.29, 0.717) is 35.6 Å². The van der Waals surface area contributed by atoms with Crippen LogP contribution in [0.15, 0.2) is 53.6 Å². The van der Waals surface area contributed by atoms with E-state index < -0.39 is 21.7 Å². The number of aromatic nitrogens is 2. The Morgan fingerprint density at radius 2 is 1.94 bits per heavy atom. The molecule has 1 aliphatic carbocycles. The standard InChI is InChI=1S/C25H25F2N3O4S/c1-15-5-4-6-18(19-9-10-28-24(31)23(15)19)20-11-16(14-35(32,33)30(2)3)13-29-25(20)34-22-8-7-17(26)12-21(22)27/h5,7-13,18H,4,6,14H2,1-3H3,(H,28,31). The first kappa shape index (κ1) is 24.7. The highest BCUT2D eigenvalue weighted by molar-refractivity contribution is 7.88. The Labute approximate surface area is 202 Å². The molecule has 3 aromatic rings. The van der Waals surface area contributed by atoms with Crippen molar-refractivity contribution in [2.75, 3.05) is 14.1 Å². The second-order valence-electron chi connectivity index (χ2n) is 8.61. The molecular formula is C25H25F2N3O4S. The molecule has 1 aliphatic rings. The van der Waals surface area contributed by atoms with Gasteiger partial charge in [0.15, 0.2) is 11.6 Å². The number of nitrogens with zero attached hydrogens (tertiary/aromatic N) is 2. The van der Waals surface area contributed by atoms with Crippen LogP contribution in [0.2, 0.25) is 0 Å². The second-order valence-corrected chi connectivity index (χ2v) is 10.8. The molecule has 0 aliphatic heterocycles. The fraction of sp³-hybridized carbons (Fsp3) is 0.280. The molecule has 0 amide bonds. The number of sulfonamides is 1. The Morgan fingerprint density at radius 3 is 2.66 bits per heavy atom. The first-order valence-electron chi connectivity index (χ1n) is 11.0. The van der Waals surface area contributed by atoms with Gasteiger partial charge in [-0.05, 0) is 60.7 Å². The van der Waals surface area contributed by atoms with Gasteiger partial charge in [0.1, 0.15) is 5.82 Å². The minimum Gasteiger partial charge on any atom is -0.436 e. The third-order valence-corrected chi connectivity index (χ3v) is 7.80. The van der Waals surface area contributed by atoms with Gasteiger partial charge >= 0.3 is 0 Å². The monoisotopic (exact) mass is 501 g/mol. The fourth-order valence-corrected chi connectivity index (χ4v) is 5.01. The highest BCUT2D eigenvalue weighted by atomic mass is 32.2. The zero-order valence-electron chi connectivity index (χ0n) is 19.5. The van der Waals surface area contributed by atoms with Crippen molar-refractivity contribution in [1.82, 2.24) is 14.3 Å². The van der Waals surface area contributed by atoms with Crippen molar-refractivity contribution in [2.24, 2.45) is 0 Å². The third kappa shape index (κ3) is 5.18. The van der Waals surface area contributed by atoms with Crippen LogP contribution in [-0.2, 0) is 15.8 Å². The fourth-order valence-electron chi connectivity index (χ4n) is 4.17. The molecule has 7 nitrogen and oxygen atoms in total. The minimum atomic E-state index is -3.58. The molecule has 10 heteroatoms. The van der Waals surface area contributed by atoms with Gasteiger partial charge in [0.05, 0.1) is 5.75 Å². The van der Waals surface area contributed by atoms with Crippen LogP contribution < -0.4 is 10.3 Å². The van der Waals surface area contributed by atoms with Crippen LogP contribution in [0.4, 0.5) is 8.78 Å². The number of ether oxygens (including phenoxy) is 1. The van der Waals surface area contributed by atoms with Crippen molar-refractivity contribution in [3.63, 3.8) is 0 Å². The van der Waals surface area contributed by atoms with Crippen molar-refractivity contribution in [1.29, 1.82) is 0 Å². The number of hydrogen-bond donors (Lipinski definition) is 1. The lowest BCUT2D eigenvalue weighted by Gasteiger charge is -2.22. The van der Waals surface area contributed by atoms with E-state index in [4.69, 9.17) is 4.74 Å². The van der Waals surface area contributed by atoms with Crippen molar-refractivity contribution < 1.29 is 21.9 Å². The van der Waals surface area contributed by atoms with Gasteiger partial charge in [-0.1, -0.05) is 6.08 Å². The van der Waals surface area contributed by atoms with Crippen molar-refractivity contribution in [3.8, 4) is 11.6 Å². The van der Waals surface area contributed by atoms with E-state index in [1.807, 2.05) is 13.0 Å². The molecule has 0 saturated carbocycles. The van der Waals surface area contributed by atoms with Gasteiger partial charge in [0.25, 0.3) is 5.56 Å². The van der Waals surface area contributed by atoms with Gasteiger partial charge < -0.3 is 9.72 Å². The summed E-state index contributed by atoms with van der Waals surface area (Å²) in [7, 11) is -0.689. The van der Waals surface area contributed by atoms with Crippen molar-refractivity contribution in [3.05, 3.63) is 93.0 Å². The molecular weight excluding hydrogens is 476 g/mol. The predicted molar refractivity (Wildman–Crippen MR) is 129 cm³/mol. The Morgan fingerprint density at radius 1 is 1.17 bits per heavy atom. The normalized spacial score (nSPS) is 15.9. The van der Waals surface area contributed by atoms with E-state index in [2.05, 4.69) is 9.97 Å². The molecule has 0 fully saturated rings. The number of hydrogen-bond acceptors (Lipinski definition) is 5. The number of H-pyrrole nitrogens is 1. The molecule has 1 N–H and O–H groups in total. The molecule has 4 rings (SSSR count). The van der Waals surface area contributed by atoms with Gasteiger partial charge in [-0.25, -0.2) is 26.5 Å². The van der Waals surface area contributed by atoms with E-state index >= 15 is 0 Å². The molecule has 1 unspecified atom stereocenters. The number of aromatic amines is 1. The molecule has 35 heavy (non-hydrogen) atoms. The quantitative estimate of drug-likeness (QED) is 0.535. The first-order chi connectivity index (χ1) is 16.6. The van der Waals surface area contributed by atoms with Crippen molar-refractivity contribution in [2.45, 2.75) is 31.4 Å². The summed E-state index contributed by atoms with van der Waals surface area (Å²) in [5.41, 5.74) is 2.78. The number of rotatable bonds is 6.